The van der Waals surface area contributed by atoms with Crippen LogP contribution in [0.5, 0.6) is 0 Å². The Morgan fingerprint density at radius 1 is 0.520 bits per heavy atom. The molecule has 75 heavy (non-hydrogen) atoms. The third-order valence-corrected chi connectivity index (χ3v) is 7.86. The van der Waals surface area contributed by atoms with Crippen LogP contribution < -0.4 is 44.2 Å². The van der Waals surface area contributed by atoms with Crippen molar-refractivity contribution in [1.29, 1.82) is 0 Å². The lowest BCUT2D eigenvalue weighted by atomic mass is 9.89. The smallest absolute Gasteiger partial charge is 0.416 e. The zero-order chi connectivity index (χ0) is 56.7. The molecule has 0 aliphatic carbocycles. The number of aromatic nitrogens is 8. The zero-order valence-electron chi connectivity index (χ0n) is 39.3. The number of nitrogens with zero attached hydrogens (tertiary/aromatic N) is 8. The molecule has 35 heteroatoms. The SMILES string of the molecule is CNc1nc(N)no1.CNc1nc(N)no1.CNc1nc(N)no1.CNc1nc(N)no1.FC(F)(F)c1cc(COCCC(c2ccccc2)c2ccccc2)cc(C(F)(F)F)c1.O=C(O)C(=O)O.O=C(O)C(=O)O. The van der Waals surface area contributed by atoms with Crippen LogP contribution in [0.15, 0.2) is 97.0 Å². The fraction of sp³-hybridized carbons (Fsp3) is 0.250. The average molecular weight is 1070 g/mol. The van der Waals surface area contributed by atoms with Crippen molar-refractivity contribution >= 4 is 71.7 Å². The Balaban J connectivity index is 0.000000515. The van der Waals surface area contributed by atoms with E-state index in [1.54, 1.807) is 28.2 Å². The van der Waals surface area contributed by atoms with E-state index in [0.29, 0.717) is 42.6 Å². The molecule has 4 aromatic heterocycles. The minimum Gasteiger partial charge on any atom is -0.473 e. The number of carbonyl (C=O) groups is 4. The van der Waals surface area contributed by atoms with Gasteiger partial charge in [0.1, 0.15) is 0 Å². The Bertz CT molecular complexity index is 2480. The van der Waals surface area contributed by atoms with Crippen molar-refractivity contribution < 1.29 is 88.8 Å². The van der Waals surface area contributed by atoms with Crippen LogP contribution in [0.3, 0.4) is 0 Å². The van der Waals surface area contributed by atoms with Gasteiger partial charge in [0.25, 0.3) is 23.8 Å². The number of nitrogen functional groups attached to an aromatic ring is 4. The zero-order valence-corrected chi connectivity index (χ0v) is 39.3. The number of halogens is 6. The lowest BCUT2D eigenvalue weighted by Crippen LogP contribution is -2.12. The summed E-state index contributed by atoms with van der Waals surface area (Å²) in [6, 6.07) is 22.2. The van der Waals surface area contributed by atoms with E-state index in [0.717, 1.165) is 11.1 Å². The van der Waals surface area contributed by atoms with Gasteiger partial charge in [-0.1, -0.05) is 60.7 Å². The second-order valence-electron chi connectivity index (χ2n) is 13.2. The Morgan fingerprint density at radius 3 is 1.00 bits per heavy atom. The van der Waals surface area contributed by atoms with Crippen molar-refractivity contribution in [3.8, 4) is 0 Å². The van der Waals surface area contributed by atoms with Gasteiger partial charge < -0.3 is 87.5 Å². The van der Waals surface area contributed by atoms with Crippen molar-refractivity contribution in [2.45, 2.75) is 31.3 Å². The van der Waals surface area contributed by atoms with Crippen molar-refractivity contribution in [2.75, 3.05) is 79.0 Å². The monoisotopic (exact) mass is 1070 g/mol. The molecule has 0 amide bonds. The van der Waals surface area contributed by atoms with Crippen molar-refractivity contribution in [3.63, 3.8) is 0 Å². The summed E-state index contributed by atoms with van der Waals surface area (Å²) < 4.78 is 102. The Kier molecular flexibility index (Phi) is 27.0. The number of ether oxygens (including phenoxy) is 1. The fourth-order valence-electron chi connectivity index (χ4n) is 4.74. The van der Waals surface area contributed by atoms with Crippen LogP contribution >= 0.6 is 0 Å². The molecule has 7 rings (SSSR count). The summed E-state index contributed by atoms with van der Waals surface area (Å²) in [5.41, 5.74) is 19.6. The molecule has 0 aliphatic heterocycles. The van der Waals surface area contributed by atoms with Gasteiger partial charge >= 0.3 is 60.3 Å². The van der Waals surface area contributed by atoms with Crippen LogP contribution in [0, 0.1) is 0 Å². The van der Waals surface area contributed by atoms with Gasteiger partial charge in [0, 0.05) is 40.7 Å². The van der Waals surface area contributed by atoms with E-state index in [4.69, 9.17) is 67.3 Å². The molecule has 0 saturated carbocycles. The molecule has 0 spiro atoms. The number of aliphatic carboxylic acids is 4. The van der Waals surface area contributed by atoms with E-state index in [2.05, 4.69) is 79.9 Å². The minimum absolute atomic E-state index is 0.00496. The summed E-state index contributed by atoms with van der Waals surface area (Å²) in [6.45, 7) is -0.171. The molecule has 16 N–H and O–H groups in total. The first-order valence-corrected chi connectivity index (χ1v) is 20.2. The minimum atomic E-state index is -4.87. The van der Waals surface area contributed by atoms with Crippen LogP contribution in [0.1, 0.15) is 40.2 Å². The van der Waals surface area contributed by atoms with E-state index < -0.39 is 47.4 Å². The molecule has 0 fully saturated rings. The highest BCUT2D eigenvalue weighted by molar-refractivity contribution is 6.27. The van der Waals surface area contributed by atoms with Crippen LogP contribution in [0.25, 0.3) is 0 Å². The molecule has 0 atom stereocenters. The van der Waals surface area contributed by atoms with Gasteiger partial charge in [0.15, 0.2) is 0 Å². The van der Waals surface area contributed by atoms with Gasteiger partial charge in [-0.2, -0.15) is 46.3 Å². The number of hydrogen-bond acceptors (Lipinski definition) is 25. The topological polar surface area (TPSA) is 466 Å². The van der Waals surface area contributed by atoms with E-state index in [9.17, 15) is 26.3 Å². The molecule has 408 valence electrons. The molecular formula is C40H48F6N16O13. The number of benzene rings is 3. The highest BCUT2D eigenvalue weighted by atomic mass is 19.4. The molecular weight excluding hydrogens is 1030 g/mol. The summed E-state index contributed by atoms with van der Waals surface area (Å²) in [5, 5.41) is 53.3. The van der Waals surface area contributed by atoms with E-state index in [-0.39, 0.29) is 54.6 Å². The molecule has 0 aliphatic rings. The van der Waals surface area contributed by atoms with Gasteiger partial charge in [0.05, 0.1) is 17.7 Å². The standard InChI is InChI=1S/C24H20F6O.4C3H6N4O.2C2H2O4/c25-23(26,27)20-13-17(14-21(15-20)24(28,29)30)16-31-12-11-22(18-7-3-1-4-8-18)19-9-5-2-6-10-19;4*1-5-3-6-2(4)7-8-3;2*3-1(4)2(5)6/h1-10,13-15,22H,11-12,16H2;4*1H3,(H3,4,5,6,7);2*(H,3,4)(H,5,6). The number of carboxylic acid groups (broad SMARTS) is 4. The number of carboxylic acids is 4. The van der Waals surface area contributed by atoms with Crippen LogP contribution in [0.2, 0.25) is 0 Å². The Morgan fingerprint density at radius 2 is 0.800 bits per heavy atom. The second kappa shape index (κ2) is 32.1. The Labute approximate surface area is 417 Å². The largest absolute Gasteiger partial charge is 0.473 e. The molecule has 3 aromatic carbocycles. The predicted octanol–water partition coefficient (Wildman–Crippen LogP) is 4.55. The third-order valence-electron chi connectivity index (χ3n) is 7.86. The maximum absolute atomic E-state index is 13.0. The van der Waals surface area contributed by atoms with Crippen LogP contribution in [-0.2, 0) is 42.9 Å². The molecule has 0 bridgehead atoms. The molecule has 29 nitrogen and oxygen atoms in total. The summed E-state index contributed by atoms with van der Waals surface area (Å²) in [5.74, 6) is -6.71. The van der Waals surface area contributed by atoms with Crippen molar-refractivity contribution in [1.82, 2.24) is 40.6 Å². The van der Waals surface area contributed by atoms with E-state index in [1.807, 2.05) is 60.7 Å². The number of nitrogens with one attached hydrogen (secondary N) is 4. The van der Waals surface area contributed by atoms with Crippen molar-refractivity contribution in [2.24, 2.45) is 0 Å². The summed E-state index contributed by atoms with van der Waals surface area (Å²) in [6.07, 6.45) is -9.22. The first kappa shape index (κ1) is 63.1. The molecule has 7 aromatic rings. The molecule has 0 saturated heterocycles. The second-order valence-corrected chi connectivity index (χ2v) is 13.2. The molecule has 4 heterocycles. The fourth-order valence-corrected chi connectivity index (χ4v) is 4.74. The van der Waals surface area contributed by atoms with Crippen LogP contribution in [-0.4, -0.2) is 120 Å². The van der Waals surface area contributed by atoms with Crippen LogP contribution in [0.4, 0.5) is 74.2 Å². The van der Waals surface area contributed by atoms with Gasteiger partial charge in [-0.15, -0.1) is 0 Å². The van der Waals surface area contributed by atoms with Crippen molar-refractivity contribution in [3.05, 3.63) is 107 Å². The first-order chi connectivity index (χ1) is 35.2. The van der Waals surface area contributed by atoms with Gasteiger partial charge in [-0.25, -0.2) is 19.2 Å². The predicted molar refractivity (Wildman–Crippen MR) is 249 cm³/mol. The third kappa shape index (κ3) is 26.2. The van der Waals surface area contributed by atoms with Gasteiger partial charge in [-0.3, -0.25) is 0 Å². The quantitative estimate of drug-likeness (QED) is 0.0480. The number of nitrogens with two attached hydrogens (primary N) is 4. The lowest BCUT2D eigenvalue weighted by Gasteiger charge is -2.18. The van der Waals surface area contributed by atoms with E-state index >= 15 is 0 Å². The summed E-state index contributed by atoms with van der Waals surface area (Å²) >= 11 is 0. The molecule has 0 radical (unpaired) electrons. The number of alkyl halides is 6. The van der Waals surface area contributed by atoms with Gasteiger partial charge in [0.2, 0.25) is 0 Å². The van der Waals surface area contributed by atoms with Gasteiger partial charge in [-0.05, 0) is 61.9 Å². The maximum Gasteiger partial charge on any atom is 0.416 e. The normalized spacial score (nSPS) is 10.2. The number of hydrogen-bond donors (Lipinski definition) is 12. The number of anilines is 8. The average Bonchev–Trinajstić information content (AvgIpc) is 4.21. The lowest BCUT2D eigenvalue weighted by molar-refractivity contribution is -0.159. The molecule has 0 unspecified atom stereocenters. The highest BCUT2D eigenvalue weighted by Crippen LogP contribution is 2.36. The first-order valence-electron chi connectivity index (χ1n) is 20.2. The summed E-state index contributed by atoms with van der Waals surface area (Å²) in [7, 11) is 6.69. The Hall–Kier alpha value is -9.96. The summed E-state index contributed by atoms with van der Waals surface area (Å²) in [4.78, 5) is 50.9. The van der Waals surface area contributed by atoms with E-state index in [1.165, 1.54) is 0 Å². The maximum atomic E-state index is 13.0. The highest BCUT2D eigenvalue weighted by Gasteiger charge is 2.37. The number of rotatable bonds is 11.